The lowest BCUT2D eigenvalue weighted by molar-refractivity contribution is 0.310. The molecule has 1 aliphatic heterocycles. The standard InChI is InChI=1S/C14H22N2O3S/c1-10-8-14(11(2)7-13(10)19-4)20(17,18)16-6-5-15-12(3)9-16/h7-8,12,15H,5-6,9H2,1-4H3. The number of hydrogen-bond donors (Lipinski definition) is 1. The van der Waals surface area contributed by atoms with E-state index in [0.29, 0.717) is 24.5 Å². The molecule has 0 aromatic heterocycles. The van der Waals surface area contributed by atoms with Crippen LogP contribution in [0.3, 0.4) is 0 Å². The van der Waals surface area contributed by atoms with Crippen LogP contribution in [0.15, 0.2) is 17.0 Å². The normalized spacial score (nSPS) is 20.9. The molecule has 0 bridgehead atoms. The summed E-state index contributed by atoms with van der Waals surface area (Å²) in [4.78, 5) is 0.380. The molecular weight excluding hydrogens is 276 g/mol. The van der Waals surface area contributed by atoms with Gasteiger partial charge in [0.2, 0.25) is 10.0 Å². The SMILES string of the molecule is COc1cc(C)c(S(=O)(=O)N2CCNC(C)C2)cc1C. The van der Waals surface area contributed by atoms with Crippen LogP contribution in [0.2, 0.25) is 0 Å². The maximum atomic E-state index is 12.8. The highest BCUT2D eigenvalue weighted by Gasteiger charge is 2.30. The summed E-state index contributed by atoms with van der Waals surface area (Å²) in [5.74, 6) is 0.718. The van der Waals surface area contributed by atoms with Crippen LogP contribution < -0.4 is 10.1 Å². The molecule has 1 fully saturated rings. The number of benzene rings is 1. The summed E-state index contributed by atoms with van der Waals surface area (Å²) in [7, 11) is -1.84. The van der Waals surface area contributed by atoms with Crippen LogP contribution in [0.25, 0.3) is 0 Å². The Kier molecular flexibility index (Phi) is 4.36. The average molecular weight is 298 g/mol. The van der Waals surface area contributed by atoms with Gasteiger partial charge >= 0.3 is 0 Å². The molecule has 112 valence electrons. The highest BCUT2D eigenvalue weighted by atomic mass is 32.2. The van der Waals surface area contributed by atoms with Crippen molar-refractivity contribution in [3.8, 4) is 5.75 Å². The number of piperazine rings is 1. The maximum Gasteiger partial charge on any atom is 0.243 e. The van der Waals surface area contributed by atoms with E-state index in [1.807, 2.05) is 13.8 Å². The number of sulfonamides is 1. The van der Waals surface area contributed by atoms with Crippen LogP contribution in [-0.2, 0) is 10.0 Å². The number of rotatable bonds is 3. The summed E-state index contributed by atoms with van der Waals surface area (Å²) in [6, 6.07) is 3.67. The third kappa shape index (κ3) is 2.82. The Balaban J connectivity index is 2.41. The van der Waals surface area contributed by atoms with Crippen molar-refractivity contribution in [1.82, 2.24) is 9.62 Å². The Bertz CT molecular complexity index is 599. The van der Waals surface area contributed by atoms with Crippen molar-refractivity contribution in [1.29, 1.82) is 0 Å². The van der Waals surface area contributed by atoms with Crippen molar-refractivity contribution >= 4 is 10.0 Å². The predicted molar refractivity (Wildman–Crippen MR) is 78.7 cm³/mol. The van der Waals surface area contributed by atoms with Gasteiger partial charge in [-0.15, -0.1) is 0 Å². The minimum absolute atomic E-state index is 0.179. The minimum Gasteiger partial charge on any atom is -0.496 e. The number of methoxy groups -OCH3 is 1. The predicted octanol–water partition coefficient (Wildman–Crippen LogP) is 1.29. The van der Waals surface area contributed by atoms with Crippen molar-refractivity contribution in [3.63, 3.8) is 0 Å². The zero-order valence-electron chi connectivity index (χ0n) is 12.4. The molecule has 0 saturated carbocycles. The van der Waals surface area contributed by atoms with E-state index in [1.165, 1.54) is 0 Å². The number of nitrogens with one attached hydrogen (secondary N) is 1. The molecule has 1 aromatic rings. The molecule has 6 heteroatoms. The van der Waals surface area contributed by atoms with Gasteiger partial charge in [0, 0.05) is 25.7 Å². The van der Waals surface area contributed by atoms with E-state index in [4.69, 9.17) is 4.74 Å². The Morgan fingerprint density at radius 1 is 1.30 bits per heavy atom. The third-order valence-corrected chi connectivity index (χ3v) is 5.65. The minimum atomic E-state index is -3.44. The fraction of sp³-hybridized carbons (Fsp3) is 0.571. The summed E-state index contributed by atoms with van der Waals surface area (Å²) in [6.07, 6.45) is 0. The monoisotopic (exact) mass is 298 g/mol. The quantitative estimate of drug-likeness (QED) is 0.913. The fourth-order valence-electron chi connectivity index (χ4n) is 2.52. The molecule has 0 amide bonds. The summed E-state index contributed by atoms with van der Waals surface area (Å²) in [5, 5.41) is 3.25. The number of nitrogens with zero attached hydrogens (tertiary/aromatic N) is 1. The lowest BCUT2D eigenvalue weighted by Gasteiger charge is -2.31. The average Bonchev–Trinajstić information content (AvgIpc) is 2.40. The molecule has 0 spiro atoms. The van der Waals surface area contributed by atoms with Crippen molar-refractivity contribution in [2.45, 2.75) is 31.7 Å². The molecule has 1 aromatic carbocycles. The van der Waals surface area contributed by atoms with E-state index in [9.17, 15) is 8.42 Å². The van der Waals surface area contributed by atoms with Crippen LogP contribution in [0.5, 0.6) is 5.75 Å². The highest BCUT2D eigenvalue weighted by molar-refractivity contribution is 7.89. The fourth-order valence-corrected chi connectivity index (χ4v) is 4.34. The van der Waals surface area contributed by atoms with Gasteiger partial charge in [0.05, 0.1) is 12.0 Å². The van der Waals surface area contributed by atoms with Gasteiger partial charge in [0.25, 0.3) is 0 Å². The molecule has 2 rings (SSSR count). The van der Waals surface area contributed by atoms with Crippen molar-refractivity contribution in [3.05, 3.63) is 23.3 Å². The van der Waals surface area contributed by atoms with Gasteiger partial charge in [-0.05, 0) is 44.0 Å². The summed E-state index contributed by atoms with van der Waals surface area (Å²) in [6.45, 7) is 7.37. The van der Waals surface area contributed by atoms with E-state index in [2.05, 4.69) is 5.32 Å². The second-order valence-electron chi connectivity index (χ2n) is 5.31. The second-order valence-corrected chi connectivity index (χ2v) is 7.21. The molecule has 1 saturated heterocycles. The molecule has 5 nitrogen and oxygen atoms in total. The van der Waals surface area contributed by atoms with Gasteiger partial charge in [-0.25, -0.2) is 8.42 Å². The molecular formula is C14H22N2O3S. The van der Waals surface area contributed by atoms with E-state index in [-0.39, 0.29) is 6.04 Å². The van der Waals surface area contributed by atoms with Crippen LogP contribution in [0.1, 0.15) is 18.1 Å². The summed E-state index contributed by atoms with van der Waals surface area (Å²) in [5.41, 5.74) is 1.55. The first kappa shape index (κ1) is 15.3. The summed E-state index contributed by atoms with van der Waals surface area (Å²) >= 11 is 0. The zero-order valence-corrected chi connectivity index (χ0v) is 13.3. The largest absolute Gasteiger partial charge is 0.496 e. The Morgan fingerprint density at radius 3 is 2.60 bits per heavy atom. The number of ether oxygens (including phenoxy) is 1. The van der Waals surface area contributed by atoms with Crippen molar-refractivity contribution in [2.24, 2.45) is 0 Å². The smallest absolute Gasteiger partial charge is 0.243 e. The maximum absolute atomic E-state index is 12.8. The van der Waals surface area contributed by atoms with Crippen LogP contribution >= 0.6 is 0 Å². The number of aryl methyl sites for hydroxylation is 2. The highest BCUT2D eigenvalue weighted by Crippen LogP contribution is 2.28. The molecule has 0 aliphatic carbocycles. The van der Waals surface area contributed by atoms with Gasteiger partial charge in [0.15, 0.2) is 0 Å². The molecule has 1 aliphatic rings. The third-order valence-electron chi connectivity index (χ3n) is 3.64. The van der Waals surface area contributed by atoms with Crippen molar-refractivity contribution < 1.29 is 13.2 Å². The first-order valence-electron chi connectivity index (χ1n) is 6.75. The molecule has 1 N–H and O–H groups in total. The van der Waals surface area contributed by atoms with Crippen LogP contribution in [0, 0.1) is 13.8 Å². The zero-order chi connectivity index (χ0) is 14.9. The van der Waals surface area contributed by atoms with Gasteiger partial charge in [-0.2, -0.15) is 4.31 Å². The first-order valence-corrected chi connectivity index (χ1v) is 8.19. The summed E-state index contributed by atoms with van der Waals surface area (Å²) < 4.78 is 32.3. The topological polar surface area (TPSA) is 58.6 Å². The van der Waals surface area contributed by atoms with Crippen LogP contribution in [0.4, 0.5) is 0 Å². The molecule has 20 heavy (non-hydrogen) atoms. The second kappa shape index (κ2) is 5.71. The molecule has 1 unspecified atom stereocenters. The Hall–Kier alpha value is -1.11. The van der Waals surface area contributed by atoms with Gasteiger partial charge in [-0.1, -0.05) is 0 Å². The molecule has 0 radical (unpaired) electrons. The van der Waals surface area contributed by atoms with Gasteiger partial charge in [-0.3, -0.25) is 0 Å². The van der Waals surface area contributed by atoms with E-state index >= 15 is 0 Å². The van der Waals surface area contributed by atoms with Crippen LogP contribution in [-0.4, -0.2) is 45.5 Å². The Labute approximate surface area is 121 Å². The van der Waals surface area contributed by atoms with E-state index < -0.39 is 10.0 Å². The van der Waals surface area contributed by atoms with Gasteiger partial charge < -0.3 is 10.1 Å². The first-order chi connectivity index (χ1) is 9.36. The Morgan fingerprint density at radius 2 is 2.00 bits per heavy atom. The van der Waals surface area contributed by atoms with E-state index in [1.54, 1.807) is 30.5 Å². The van der Waals surface area contributed by atoms with Gasteiger partial charge in [0.1, 0.15) is 5.75 Å². The number of hydrogen-bond acceptors (Lipinski definition) is 4. The van der Waals surface area contributed by atoms with Crippen molar-refractivity contribution in [2.75, 3.05) is 26.7 Å². The van der Waals surface area contributed by atoms with E-state index in [0.717, 1.165) is 16.9 Å². The molecule has 1 atom stereocenters. The lowest BCUT2D eigenvalue weighted by atomic mass is 10.1. The molecule has 1 heterocycles. The lowest BCUT2D eigenvalue weighted by Crippen LogP contribution is -2.51.